The molecule has 0 aliphatic carbocycles. The number of fused-ring (bicyclic) bond motifs is 1. The quantitative estimate of drug-likeness (QED) is 0.687. The van der Waals surface area contributed by atoms with Gasteiger partial charge in [0.2, 0.25) is 0 Å². The lowest BCUT2D eigenvalue weighted by molar-refractivity contribution is -0.138. The molecule has 5 heteroatoms. The van der Waals surface area contributed by atoms with Crippen LogP contribution in [0.3, 0.4) is 0 Å². The van der Waals surface area contributed by atoms with Crippen LogP contribution in [0.1, 0.15) is 20.8 Å². The molecule has 98 valence electrons. The summed E-state index contributed by atoms with van der Waals surface area (Å²) >= 11 is 0. The molecular formula is C12H22N2O3. The monoisotopic (exact) mass is 242 g/mol. The molecule has 0 saturated carbocycles. The van der Waals surface area contributed by atoms with Crippen LogP contribution in [-0.2, 0) is 9.47 Å². The van der Waals surface area contributed by atoms with E-state index in [-0.39, 0.29) is 23.8 Å². The van der Waals surface area contributed by atoms with Gasteiger partial charge in [-0.3, -0.25) is 0 Å². The summed E-state index contributed by atoms with van der Waals surface area (Å²) in [6.07, 6.45) is 0.0213. The summed E-state index contributed by atoms with van der Waals surface area (Å²) < 4.78 is 11.4. The number of hydrogen-bond donors (Lipinski definition) is 0. The number of hydrogen-bond acceptors (Lipinski definition) is 3. The van der Waals surface area contributed by atoms with Gasteiger partial charge in [-0.2, -0.15) is 0 Å². The van der Waals surface area contributed by atoms with Gasteiger partial charge in [0.05, 0.1) is 31.4 Å². The van der Waals surface area contributed by atoms with Crippen molar-refractivity contribution in [3.8, 4) is 0 Å². The highest BCUT2D eigenvalue weighted by atomic mass is 16.6. The van der Waals surface area contributed by atoms with Gasteiger partial charge in [-0.15, -0.1) is 0 Å². The summed E-state index contributed by atoms with van der Waals surface area (Å²) in [7, 11) is 1.83. The Labute approximate surface area is 103 Å². The van der Waals surface area contributed by atoms with E-state index >= 15 is 0 Å². The predicted octanol–water partition coefficient (Wildman–Crippen LogP) is 0.936. The molecule has 2 saturated heterocycles. The number of amides is 2. The third-order valence-electron chi connectivity index (χ3n) is 3.47. The minimum absolute atomic E-state index is 0.0213. The minimum atomic E-state index is -0.293. The third-order valence-corrected chi connectivity index (χ3v) is 3.47. The second kappa shape index (κ2) is 4.46. The molecule has 2 atom stereocenters. The van der Waals surface area contributed by atoms with Crippen LogP contribution in [0.15, 0.2) is 0 Å². The minimum Gasteiger partial charge on any atom is -0.376 e. The van der Waals surface area contributed by atoms with E-state index in [4.69, 9.17) is 9.47 Å². The Morgan fingerprint density at radius 3 is 2.82 bits per heavy atom. The number of urea groups is 1. The van der Waals surface area contributed by atoms with E-state index in [1.807, 2.05) is 32.7 Å². The second-order valence-electron chi connectivity index (χ2n) is 5.45. The van der Waals surface area contributed by atoms with Crippen LogP contribution in [0, 0.1) is 0 Å². The molecule has 0 aromatic carbocycles. The molecular weight excluding hydrogens is 220 g/mol. The largest absolute Gasteiger partial charge is 0.376 e. The van der Waals surface area contributed by atoms with Gasteiger partial charge in [-0.05, 0) is 20.8 Å². The molecule has 0 aromatic heterocycles. The number of morpholine rings is 1. The van der Waals surface area contributed by atoms with E-state index in [2.05, 4.69) is 0 Å². The number of rotatable bonds is 1. The van der Waals surface area contributed by atoms with Crippen LogP contribution in [0.5, 0.6) is 0 Å². The second-order valence-corrected chi connectivity index (χ2v) is 5.45. The van der Waals surface area contributed by atoms with Gasteiger partial charge in [-0.1, -0.05) is 0 Å². The first kappa shape index (κ1) is 12.6. The Morgan fingerprint density at radius 1 is 1.47 bits per heavy atom. The maximum Gasteiger partial charge on any atom is 0.320 e. The van der Waals surface area contributed by atoms with Crippen molar-refractivity contribution in [3.05, 3.63) is 0 Å². The molecule has 0 radical (unpaired) electrons. The van der Waals surface area contributed by atoms with Crippen LogP contribution in [0.2, 0.25) is 0 Å². The van der Waals surface area contributed by atoms with E-state index in [0.717, 1.165) is 6.54 Å². The van der Waals surface area contributed by atoms with Crippen LogP contribution in [-0.4, -0.2) is 66.9 Å². The maximum absolute atomic E-state index is 12.3. The summed E-state index contributed by atoms with van der Waals surface area (Å²) in [5.74, 6) is 0. The Kier molecular flexibility index (Phi) is 3.32. The fourth-order valence-corrected chi connectivity index (χ4v) is 2.47. The molecule has 5 nitrogen and oxygen atoms in total. The molecule has 0 bridgehead atoms. The van der Waals surface area contributed by atoms with Crippen molar-refractivity contribution in [1.82, 2.24) is 9.80 Å². The topological polar surface area (TPSA) is 42.0 Å². The lowest BCUT2D eigenvalue weighted by Crippen LogP contribution is -2.62. The highest BCUT2D eigenvalue weighted by Gasteiger charge is 2.46. The van der Waals surface area contributed by atoms with Crippen molar-refractivity contribution in [2.45, 2.75) is 38.5 Å². The molecule has 17 heavy (non-hydrogen) atoms. The SMILES string of the molecule is CCN(C)C(=O)N1CC(C)(C)O[C@@H]2COC[C@H]21. The zero-order valence-corrected chi connectivity index (χ0v) is 11.1. The Hall–Kier alpha value is -0.810. The number of carbonyl (C=O) groups excluding carboxylic acids is 1. The van der Waals surface area contributed by atoms with E-state index in [1.165, 1.54) is 0 Å². The molecule has 0 N–H and O–H groups in total. The molecule has 2 heterocycles. The maximum atomic E-state index is 12.3. The van der Waals surface area contributed by atoms with Crippen LogP contribution in [0.25, 0.3) is 0 Å². The third kappa shape index (κ3) is 2.40. The molecule has 2 fully saturated rings. The Bertz CT molecular complexity index is 306. The molecule has 2 amide bonds. The smallest absolute Gasteiger partial charge is 0.320 e. The average molecular weight is 242 g/mol. The molecule has 0 spiro atoms. The number of nitrogens with zero attached hydrogens (tertiary/aromatic N) is 2. The van der Waals surface area contributed by atoms with Crippen LogP contribution in [0.4, 0.5) is 4.79 Å². The first-order valence-corrected chi connectivity index (χ1v) is 6.22. The van der Waals surface area contributed by atoms with Crippen molar-refractivity contribution in [3.63, 3.8) is 0 Å². The molecule has 2 rings (SSSR count). The highest BCUT2D eigenvalue weighted by Crippen LogP contribution is 2.30. The summed E-state index contributed by atoms with van der Waals surface area (Å²) in [5.41, 5.74) is -0.293. The van der Waals surface area contributed by atoms with Crippen molar-refractivity contribution >= 4 is 6.03 Å². The first-order chi connectivity index (χ1) is 7.94. The summed E-state index contributed by atoms with van der Waals surface area (Å²) in [6, 6.07) is 0.147. The fraction of sp³-hybridized carbons (Fsp3) is 0.917. The van der Waals surface area contributed by atoms with Gasteiger partial charge < -0.3 is 19.3 Å². The number of ether oxygens (including phenoxy) is 2. The molecule has 2 aliphatic heterocycles. The van der Waals surface area contributed by atoms with Crippen LogP contribution < -0.4 is 0 Å². The van der Waals surface area contributed by atoms with Gasteiger partial charge in [0.25, 0.3) is 0 Å². The van der Waals surface area contributed by atoms with Gasteiger partial charge in [0, 0.05) is 13.6 Å². The zero-order chi connectivity index (χ0) is 12.6. The molecule has 2 aliphatic rings. The van der Waals surface area contributed by atoms with E-state index in [1.54, 1.807) is 4.90 Å². The van der Waals surface area contributed by atoms with E-state index in [9.17, 15) is 4.79 Å². The number of carbonyl (C=O) groups is 1. The van der Waals surface area contributed by atoms with Gasteiger partial charge in [0.1, 0.15) is 6.10 Å². The summed E-state index contributed by atoms with van der Waals surface area (Å²) in [6.45, 7) is 8.54. The Balaban J connectivity index is 2.16. The van der Waals surface area contributed by atoms with Crippen LogP contribution >= 0.6 is 0 Å². The van der Waals surface area contributed by atoms with Gasteiger partial charge >= 0.3 is 6.03 Å². The molecule has 0 unspecified atom stereocenters. The fourth-order valence-electron chi connectivity index (χ4n) is 2.47. The van der Waals surface area contributed by atoms with E-state index < -0.39 is 0 Å². The molecule has 0 aromatic rings. The highest BCUT2D eigenvalue weighted by molar-refractivity contribution is 5.75. The Morgan fingerprint density at radius 2 is 2.18 bits per heavy atom. The standard InChI is InChI=1S/C12H22N2O3/c1-5-13(4)11(15)14-8-12(2,3)17-10-7-16-6-9(10)14/h9-10H,5-8H2,1-4H3/t9-,10-/m1/s1. The van der Waals surface area contributed by atoms with Crippen molar-refractivity contribution in [2.24, 2.45) is 0 Å². The first-order valence-electron chi connectivity index (χ1n) is 6.22. The zero-order valence-electron chi connectivity index (χ0n) is 11.1. The van der Waals surface area contributed by atoms with Crippen molar-refractivity contribution in [1.29, 1.82) is 0 Å². The normalized spacial score (nSPS) is 31.2. The van der Waals surface area contributed by atoms with Crippen molar-refractivity contribution in [2.75, 3.05) is 33.4 Å². The lowest BCUT2D eigenvalue weighted by atomic mass is 10.0. The van der Waals surface area contributed by atoms with Gasteiger partial charge in [0.15, 0.2) is 0 Å². The average Bonchev–Trinajstić information content (AvgIpc) is 2.72. The predicted molar refractivity (Wildman–Crippen MR) is 64.0 cm³/mol. The van der Waals surface area contributed by atoms with Gasteiger partial charge in [-0.25, -0.2) is 4.79 Å². The summed E-state index contributed by atoms with van der Waals surface area (Å²) in [5, 5.41) is 0. The lowest BCUT2D eigenvalue weighted by Gasteiger charge is -2.45. The summed E-state index contributed by atoms with van der Waals surface area (Å²) in [4.78, 5) is 15.9. The van der Waals surface area contributed by atoms with E-state index in [0.29, 0.717) is 19.8 Å². The van der Waals surface area contributed by atoms with Crippen molar-refractivity contribution < 1.29 is 14.3 Å².